The van der Waals surface area contributed by atoms with Crippen molar-refractivity contribution < 1.29 is 9.47 Å². The molecule has 1 aliphatic rings. The molecule has 1 atom stereocenters. The standard InChI is InChI=1S/C13H28N2O2/c1-11(2)14-8-12(9-16-5)15-6-7-17-13(3,4)10-15/h11-12,14H,6-10H2,1-5H3. The SMILES string of the molecule is COCC(CNC(C)C)N1CCOC(C)(C)C1. The van der Waals surface area contributed by atoms with E-state index >= 15 is 0 Å². The Bertz CT molecular complexity index is 219. The van der Waals surface area contributed by atoms with Crippen molar-refractivity contribution in [3.63, 3.8) is 0 Å². The van der Waals surface area contributed by atoms with Gasteiger partial charge in [-0.1, -0.05) is 13.8 Å². The van der Waals surface area contributed by atoms with Crippen molar-refractivity contribution in [1.29, 1.82) is 0 Å². The van der Waals surface area contributed by atoms with Gasteiger partial charge in [0.25, 0.3) is 0 Å². The zero-order valence-corrected chi connectivity index (χ0v) is 12.0. The van der Waals surface area contributed by atoms with Crippen molar-refractivity contribution in [2.24, 2.45) is 0 Å². The molecule has 0 aromatic carbocycles. The van der Waals surface area contributed by atoms with E-state index in [-0.39, 0.29) is 5.60 Å². The van der Waals surface area contributed by atoms with Crippen molar-refractivity contribution in [2.45, 2.75) is 45.4 Å². The van der Waals surface area contributed by atoms with Crippen LogP contribution in [0.15, 0.2) is 0 Å². The molecule has 17 heavy (non-hydrogen) atoms. The van der Waals surface area contributed by atoms with Crippen LogP contribution in [-0.4, -0.2) is 62.5 Å². The Kier molecular flexibility index (Phi) is 5.86. The van der Waals surface area contributed by atoms with Gasteiger partial charge < -0.3 is 14.8 Å². The fourth-order valence-electron chi connectivity index (χ4n) is 2.22. The Morgan fingerprint density at radius 2 is 2.12 bits per heavy atom. The van der Waals surface area contributed by atoms with Gasteiger partial charge in [-0.3, -0.25) is 4.90 Å². The summed E-state index contributed by atoms with van der Waals surface area (Å²) < 4.78 is 11.1. The Morgan fingerprint density at radius 3 is 2.65 bits per heavy atom. The van der Waals surface area contributed by atoms with Gasteiger partial charge in [0.05, 0.1) is 18.8 Å². The normalized spacial score (nSPS) is 22.9. The molecule has 1 heterocycles. The van der Waals surface area contributed by atoms with Crippen LogP contribution in [0.5, 0.6) is 0 Å². The first-order chi connectivity index (χ1) is 7.94. The number of methoxy groups -OCH3 is 1. The van der Waals surface area contributed by atoms with Crippen LogP contribution in [0.4, 0.5) is 0 Å². The molecule has 1 fully saturated rings. The van der Waals surface area contributed by atoms with Crippen molar-refractivity contribution in [2.75, 3.05) is 40.0 Å². The maximum atomic E-state index is 5.75. The second-order valence-electron chi connectivity index (χ2n) is 5.75. The molecular weight excluding hydrogens is 216 g/mol. The number of rotatable bonds is 6. The van der Waals surface area contributed by atoms with Gasteiger partial charge in [-0.25, -0.2) is 0 Å². The van der Waals surface area contributed by atoms with Gasteiger partial charge in [-0.05, 0) is 13.8 Å². The average molecular weight is 244 g/mol. The molecule has 0 aliphatic carbocycles. The Hall–Kier alpha value is -0.160. The molecule has 0 aromatic rings. The van der Waals surface area contributed by atoms with E-state index in [9.17, 15) is 0 Å². The molecule has 4 nitrogen and oxygen atoms in total. The molecule has 1 unspecified atom stereocenters. The number of nitrogens with zero attached hydrogens (tertiary/aromatic N) is 1. The number of hydrogen-bond acceptors (Lipinski definition) is 4. The van der Waals surface area contributed by atoms with Crippen LogP contribution in [0.2, 0.25) is 0 Å². The number of nitrogens with one attached hydrogen (secondary N) is 1. The third-order valence-electron chi connectivity index (χ3n) is 3.09. The highest BCUT2D eigenvalue weighted by Gasteiger charge is 2.31. The Balaban J connectivity index is 2.50. The molecule has 0 radical (unpaired) electrons. The lowest BCUT2D eigenvalue weighted by Gasteiger charge is -2.42. The van der Waals surface area contributed by atoms with E-state index in [4.69, 9.17) is 9.47 Å². The smallest absolute Gasteiger partial charge is 0.0753 e. The van der Waals surface area contributed by atoms with Crippen molar-refractivity contribution in [3.8, 4) is 0 Å². The molecule has 1 aliphatic heterocycles. The summed E-state index contributed by atoms with van der Waals surface area (Å²) >= 11 is 0. The molecule has 1 N–H and O–H groups in total. The highest BCUT2D eigenvalue weighted by molar-refractivity contribution is 4.84. The molecule has 0 aromatic heterocycles. The van der Waals surface area contributed by atoms with Crippen molar-refractivity contribution in [3.05, 3.63) is 0 Å². The van der Waals surface area contributed by atoms with E-state index in [0.717, 1.165) is 32.8 Å². The van der Waals surface area contributed by atoms with E-state index in [1.807, 2.05) is 0 Å². The van der Waals surface area contributed by atoms with Crippen LogP contribution in [-0.2, 0) is 9.47 Å². The van der Waals surface area contributed by atoms with Gasteiger partial charge in [-0.15, -0.1) is 0 Å². The highest BCUT2D eigenvalue weighted by atomic mass is 16.5. The van der Waals surface area contributed by atoms with Crippen LogP contribution in [0.25, 0.3) is 0 Å². The summed E-state index contributed by atoms with van der Waals surface area (Å²) in [5.74, 6) is 0. The second-order valence-corrected chi connectivity index (χ2v) is 5.75. The minimum atomic E-state index is -0.0396. The van der Waals surface area contributed by atoms with Gasteiger partial charge in [0.2, 0.25) is 0 Å². The van der Waals surface area contributed by atoms with Gasteiger partial charge in [-0.2, -0.15) is 0 Å². The zero-order chi connectivity index (χ0) is 12.9. The van der Waals surface area contributed by atoms with Crippen LogP contribution >= 0.6 is 0 Å². The maximum Gasteiger partial charge on any atom is 0.0753 e. The van der Waals surface area contributed by atoms with E-state index in [0.29, 0.717) is 12.1 Å². The predicted octanol–water partition coefficient (Wildman–Crippen LogP) is 1.11. The average Bonchev–Trinajstić information content (AvgIpc) is 2.22. The number of morpholine rings is 1. The van der Waals surface area contributed by atoms with E-state index in [1.54, 1.807) is 7.11 Å². The van der Waals surface area contributed by atoms with Crippen LogP contribution in [0.3, 0.4) is 0 Å². The molecule has 1 saturated heterocycles. The molecule has 0 saturated carbocycles. The number of hydrogen-bond donors (Lipinski definition) is 1. The minimum absolute atomic E-state index is 0.0396. The summed E-state index contributed by atoms with van der Waals surface area (Å²) in [7, 11) is 1.77. The molecule has 102 valence electrons. The predicted molar refractivity (Wildman–Crippen MR) is 70.4 cm³/mol. The van der Waals surface area contributed by atoms with Gasteiger partial charge in [0.1, 0.15) is 0 Å². The lowest BCUT2D eigenvalue weighted by molar-refractivity contribution is -0.103. The third kappa shape index (κ3) is 5.34. The van der Waals surface area contributed by atoms with Crippen LogP contribution < -0.4 is 5.32 Å². The fraction of sp³-hybridized carbons (Fsp3) is 1.00. The van der Waals surface area contributed by atoms with Crippen molar-refractivity contribution >= 4 is 0 Å². The van der Waals surface area contributed by atoms with E-state index < -0.39 is 0 Å². The molecular formula is C13H28N2O2. The first-order valence-electron chi connectivity index (χ1n) is 6.55. The van der Waals surface area contributed by atoms with Gasteiger partial charge >= 0.3 is 0 Å². The van der Waals surface area contributed by atoms with Gasteiger partial charge in [0.15, 0.2) is 0 Å². The molecule has 0 bridgehead atoms. The van der Waals surface area contributed by atoms with Gasteiger partial charge in [0, 0.05) is 38.8 Å². The second kappa shape index (κ2) is 6.69. The van der Waals surface area contributed by atoms with Crippen LogP contribution in [0.1, 0.15) is 27.7 Å². The van der Waals surface area contributed by atoms with Crippen molar-refractivity contribution in [1.82, 2.24) is 10.2 Å². The topological polar surface area (TPSA) is 33.7 Å². The summed E-state index contributed by atoms with van der Waals surface area (Å²) in [4.78, 5) is 2.47. The molecule has 1 rings (SSSR count). The number of ether oxygens (including phenoxy) is 2. The zero-order valence-electron chi connectivity index (χ0n) is 12.0. The third-order valence-corrected chi connectivity index (χ3v) is 3.09. The largest absolute Gasteiger partial charge is 0.383 e. The molecule has 4 heteroatoms. The maximum absolute atomic E-state index is 5.75. The molecule has 0 amide bonds. The quantitative estimate of drug-likeness (QED) is 0.759. The molecule has 0 spiro atoms. The first kappa shape index (κ1) is 14.9. The summed E-state index contributed by atoms with van der Waals surface area (Å²) in [6, 6.07) is 0.953. The Labute approximate surface area is 106 Å². The summed E-state index contributed by atoms with van der Waals surface area (Å²) in [5.41, 5.74) is -0.0396. The van der Waals surface area contributed by atoms with Crippen LogP contribution in [0, 0.1) is 0 Å². The Morgan fingerprint density at radius 1 is 1.41 bits per heavy atom. The lowest BCUT2D eigenvalue weighted by atomic mass is 10.1. The summed E-state index contributed by atoms with van der Waals surface area (Å²) in [6.45, 7) is 13.2. The monoisotopic (exact) mass is 244 g/mol. The fourth-order valence-corrected chi connectivity index (χ4v) is 2.22. The lowest BCUT2D eigenvalue weighted by Crippen LogP contribution is -2.56. The summed E-state index contributed by atoms with van der Waals surface area (Å²) in [5, 5.41) is 3.49. The van der Waals surface area contributed by atoms with E-state index in [1.165, 1.54) is 0 Å². The van der Waals surface area contributed by atoms with E-state index in [2.05, 4.69) is 37.9 Å². The highest BCUT2D eigenvalue weighted by Crippen LogP contribution is 2.18. The first-order valence-corrected chi connectivity index (χ1v) is 6.55. The minimum Gasteiger partial charge on any atom is -0.383 e. The summed E-state index contributed by atoms with van der Waals surface area (Å²) in [6.07, 6.45) is 0.